The van der Waals surface area contributed by atoms with Gasteiger partial charge in [0.05, 0.1) is 12.9 Å². The maximum Gasteiger partial charge on any atom is 0.0848 e. The second-order valence-corrected chi connectivity index (χ2v) is 3.35. The molecule has 0 heterocycles. The Kier molecular flexibility index (Phi) is 3.50. The fourth-order valence-electron chi connectivity index (χ4n) is 1.09. The lowest BCUT2D eigenvalue weighted by molar-refractivity contribution is 0.638. The van der Waals surface area contributed by atoms with Crippen molar-refractivity contribution in [2.45, 2.75) is 13.5 Å². The first-order chi connectivity index (χ1) is 6.20. The van der Waals surface area contributed by atoms with E-state index in [1.54, 1.807) is 0 Å². The summed E-state index contributed by atoms with van der Waals surface area (Å²) in [5.74, 6) is 0. The third kappa shape index (κ3) is 3.28. The van der Waals surface area contributed by atoms with Crippen LogP contribution in [0.2, 0.25) is 0 Å². The minimum absolute atomic E-state index is 0.769. The Morgan fingerprint density at radius 2 is 2.00 bits per heavy atom. The van der Waals surface area contributed by atoms with E-state index in [9.17, 15) is 0 Å². The van der Waals surface area contributed by atoms with Gasteiger partial charge >= 0.3 is 0 Å². The van der Waals surface area contributed by atoms with E-state index in [4.69, 9.17) is 0 Å². The molecule has 1 aromatic rings. The third-order valence-corrected chi connectivity index (χ3v) is 1.84. The number of rotatable bonds is 3. The van der Waals surface area contributed by atoms with E-state index in [1.165, 1.54) is 11.1 Å². The summed E-state index contributed by atoms with van der Waals surface area (Å²) in [7, 11) is 3.95. The van der Waals surface area contributed by atoms with Crippen molar-refractivity contribution >= 4 is 6.34 Å². The molecule has 0 aliphatic rings. The summed E-state index contributed by atoms with van der Waals surface area (Å²) in [5, 5.41) is 0. The zero-order chi connectivity index (χ0) is 9.68. The fourth-order valence-corrected chi connectivity index (χ4v) is 1.09. The van der Waals surface area contributed by atoms with Crippen molar-refractivity contribution in [3.63, 3.8) is 0 Å². The minimum atomic E-state index is 0.769. The van der Waals surface area contributed by atoms with Gasteiger partial charge in [0.1, 0.15) is 0 Å². The lowest BCUT2D eigenvalue weighted by atomic mass is 10.1. The van der Waals surface area contributed by atoms with Crippen LogP contribution in [-0.2, 0) is 6.54 Å². The standard InChI is InChI=1S/C11H16N2/c1-10-6-4-5-7-11(10)8-12-9-13(2)3/h4-7,9H,8H2,1-3H3. The highest BCUT2D eigenvalue weighted by atomic mass is 15.1. The summed E-state index contributed by atoms with van der Waals surface area (Å²) in [6.45, 7) is 2.88. The van der Waals surface area contributed by atoms with Crippen LogP contribution in [0.1, 0.15) is 11.1 Å². The van der Waals surface area contributed by atoms with E-state index >= 15 is 0 Å². The predicted molar refractivity (Wildman–Crippen MR) is 57.1 cm³/mol. The van der Waals surface area contributed by atoms with Gasteiger partial charge in [0.2, 0.25) is 0 Å². The van der Waals surface area contributed by atoms with Crippen molar-refractivity contribution < 1.29 is 0 Å². The van der Waals surface area contributed by atoms with E-state index in [0.717, 1.165) is 6.54 Å². The van der Waals surface area contributed by atoms with Crippen LogP contribution in [0.4, 0.5) is 0 Å². The van der Waals surface area contributed by atoms with Crippen LogP contribution in [-0.4, -0.2) is 25.3 Å². The fraction of sp³-hybridized carbons (Fsp3) is 0.364. The zero-order valence-corrected chi connectivity index (χ0v) is 8.49. The van der Waals surface area contributed by atoms with Crippen LogP contribution in [0.25, 0.3) is 0 Å². The maximum absolute atomic E-state index is 4.30. The van der Waals surface area contributed by atoms with Crippen molar-refractivity contribution in [2.24, 2.45) is 4.99 Å². The Hall–Kier alpha value is -1.31. The Balaban J connectivity index is 2.59. The second kappa shape index (κ2) is 4.65. The first kappa shape index (κ1) is 9.78. The molecule has 0 saturated carbocycles. The van der Waals surface area contributed by atoms with Crippen LogP contribution >= 0.6 is 0 Å². The van der Waals surface area contributed by atoms with Crippen LogP contribution < -0.4 is 0 Å². The molecule has 0 spiro atoms. The lowest BCUT2D eigenvalue weighted by Crippen LogP contribution is -2.07. The molecule has 0 amide bonds. The first-order valence-corrected chi connectivity index (χ1v) is 4.41. The highest BCUT2D eigenvalue weighted by molar-refractivity contribution is 5.53. The van der Waals surface area contributed by atoms with Gasteiger partial charge in [-0.25, -0.2) is 0 Å². The van der Waals surface area contributed by atoms with Crippen LogP contribution in [0.5, 0.6) is 0 Å². The van der Waals surface area contributed by atoms with Gasteiger partial charge in [-0.1, -0.05) is 24.3 Å². The van der Waals surface area contributed by atoms with Gasteiger partial charge in [0, 0.05) is 14.1 Å². The van der Waals surface area contributed by atoms with E-state index in [-0.39, 0.29) is 0 Å². The second-order valence-electron chi connectivity index (χ2n) is 3.35. The molecular formula is C11H16N2. The molecule has 0 aromatic heterocycles. The van der Waals surface area contributed by atoms with Gasteiger partial charge in [-0.15, -0.1) is 0 Å². The summed E-state index contributed by atoms with van der Waals surface area (Å²) < 4.78 is 0. The molecule has 0 bridgehead atoms. The highest BCUT2D eigenvalue weighted by Gasteiger charge is 1.93. The summed E-state index contributed by atoms with van der Waals surface area (Å²) in [5.41, 5.74) is 2.60. The largest absolute Gasteiger partial charge is 0.369 e. The normalized spacial score (nSPS) is 10.7. The third-order valence-electron chi connectivity index (χ3n) is 1.84. The zero-order valence-electron chi connectivity index (χ0n) is 8.49. The topological polar surface area (TPSA) is 15.6 Å². The molecule has 0 aliphatic heterocycles. The van der Waals surface area contributed by atoms with Crippen LogP contribution in [0.15, 0.2) is 29.3 Å². The van der Waals surface area contributed by atoms with E-state index in [0.29, 0.717) is 0 Å². The number of benzene rings is 1. The molecule has 70 valence electrons. The van der Waals surface area contributed by atoms with Crippen LogP contribution in [0, 0.1) is 6.92 Å². The summed E-state index contributed by atoms with van der Waals surface area (Å²) in [6, 6.07) is 8.32. The van der Waals surface area contributed by atoms with Gasteiger partial charge in [0.25, 0.3) is 0 Å². The molecule has 0 unspecified atom stereocenters. The number of hydrogen-bond acceptors (Lipinski definition) is 1. The Labute approximate surface area is 79.9 Å². The number of nitrogens with zero attached hydrogens (tertiary/aromatic N) is 2. The highest BCUT2D eigenvalue weighted by Crippen LogP contribution is 2.07. The predicted octanol–water partition coefficient (Wildman–Crippen LogP) is 2.08. The molecule has 0 saturated heterocycles. The number of hydrogen-bond donors (Lipinski definition) is 0. The maximum atomic E-state index is 4.30. The van der Waals surface area contributed by atoms with Crippen molar-refractivity contribution in [3.05, 3.63) is 35.4 Å². The molecule has 0 aliphatic carbocycles. The Bertz CT molecular complexity index is 290. The molecule has 1 rings (SSSR count). The Morgan fingerprint density at radius 1 is 1.31 bits per heavy atom. The lowest BCUT2D eigenvalue weighted by Gasteiger charge is -2.04. The Morgan fingerprint density at radius 3 is 2.62 bits per heavy atom. The molecule has 2 heteroatoms. The molecule has 13 heavy (non-hydrogen) atoms. The molecular weight excluding hydrogens is 160 g/mol. The number of aryl methyl sites for hydroxylation is 1. The summed E-state index contributed by atoms with van der Waals surface area (Å²) in [6.07, 6.45) is 1.84. The molecule has 0 radical (unpaired) electrons. The van der Waals surface area contributed by atoms with Gasteiger partial charge in [-0.2, -0.15) is 0 Å². The summed E-state index contributed by atoms with van der Waals surface area (Å²) >= 11 is 0. The SMILES string of the molecule is Cc1ccccc1CN=CN(C)C. The molecule has 0 fully saturated rings. The smallest absolute Gasteiger partial charge is 0.0848 e. The summed E-state index contributed by atoms with van der Waals surface area (Å²) in [4.78, 5) is 6.25. The van der Waals surface area contributed by atoms with E-state index in [1.807, 2.05) is 31.4 Å². The van der Waals surface area contributed by atoms with E-state index in [2.05, 4.69) is 30.1 Å². The van der Waals surface area contributed by atoms with Crippen molar-refractivity contribution in [3.8, 4) is 0 Å². The molecule has 2 nitrogen and oxygen atoms in total. The van der Waals surface area contributed by atoms with Crippen molar-refractivity contribution in [2.75, 3.05) is 14.1 Å². The molecule has 0 atom stereocenters. The van der Waals surface area contributed by atoms with Crippen molar-refractivity contribution in [1.82, 2.24) is 4.90 Å². The van der Waals surface area contributed by atoms with Gasteiger partial charge < -0.3 is 4.90 Å². The monoisotopic (exact) mass is 176 g/mol. The quantitative estimate of drug-likeness (QED) is 0.508. The average molecular weight is 176 g/mol. The average Bonchev–Trinajstić information content (AvgIpc) is 2.08. The molecule has 0 N–H and O–H groups in total. The van der Waals surface area contributed by atoms with Gasteiger partial charge in [0.15, 0.2) is 0 Å². The van der Waals surface area contributed by atoms with Crippen molar-refractivity contribution in [1.29, 1.82) is 0 Å². The van der Waals surface area contributed by atoms with Gasteiger partial charge in [-0.05, 0) is 18.1 Å². The minimum Gasteiger partial charge on any atom is -0.369 e. The van der Waals surface area contributed by atoms with Crippen LogP contribution in [0.3, 0.4) is 0 Å². The molecule has 1 aromatic carbocycles. The first-order valence-electron chi connectivity index (χ1n) is 4.41. The van der Waals surface area contributed by atoms with E-state index < -0.39 is 0 Å². The number of aliphatic imine (C=N–C) groups is 1. The van der Waals surface area contributed by atoms with Gasteiger partial charge in [-0.3, -0.25) is 4.99 Å².